The molecule has 1 aromatic carbocycles. The Morgan fingerprint density at radius 3 is 2.58 bits per heavy atom. The van der Waals surface area contributed by atoms with Gasteiger partial charge in [0.25, 0.3) is 0 Å². The number of ketones is 1. The normalized spacial score (nSPS) is 13.9. The number of ether oxygens (including phenoxy) is 1. The van der Waals surface area contributed by atoms with Crippen LogP contribution in [0.4, 0.5) is 4.79 Å². The Bertz CT molecular complexity index is 815. The third-order valence-corrected chi connectivity index (χ3v) is 4.60. The molecule has 0 bridgehead atoms. The van der Waals surface area contributed by atoms with Crippen molar-refractivity contribution in [1.29, 1.82) is 0 Å². The SMILES string of the molecule is CCC(=O)c1cc2n(n1)CCCN(C(=O)OCc1cc(Cl)cc(Cl)c1)C2. The molecule has 0 fully saturated rings. The van der Waals surface area contributed by atoms with Gasteiger partial charge in [-0.15, -0.1) is 0 Å². The summed E-state index contributed by atoms with van der Waals surface area (Å²) in [5.41, 5.74) is 2.01. The molecule has 0 radical (unpaired) electrons. The third-order valence-electron chi connectivity index (χ3n) is 4.16. The van der Waals surface area contributed by atoms with Gasteiger partial charge in [-0.1, -0.05) is 30.1 Å². The van der Waals surface area contributed by atoms with Crippen LogP contribution in [0.2, 0.25) is 10.0 Å². The van der Waals surface area contributed by atoms with Gasteiger partial charge >= 0.3 is 6.09 Å². The van der Waals surface area contributed by atoms with Crippen LogP contribution in [-0.2, 0) is 24.4 Å². The summed E-state index contributed by atoms with van der Waals surface area (Å²) in [7, 11) is 0. The number of nitrogens with zero attached hydrogens (tertiary/aromatic N) is 3. The predicted octanol–water partition coefficient (Wildman–Crippen LogP) is 4.33. The van der Waals surface area contributed by atoms with Crippen molar-refractivity contribution in [1.82, 2.24) is 14.7 Å². The molecule has 0 saturated heterocycles. The molecular formula is C18H19Cl2N3O3. The van der Waals surface area contributed by atoms with Gasteiger partial charge in [0.05, 0.1) is 12.2 Å². The molecule has 0 aliphatic carbocycles. The fourth-order valence-corrected chi connectivity index (χ4v) is 3.44. The Kier molecular flexibility index (Phi) is 5.84. The molecule has 3 rings (SSSR count). The number of fused-ring (bicyclic) bond motifs is 1. The smallest absolute Gasteiger partial charge is 0.410 e. The van der Waals surface area contributed by atoms with Crippen LogP contribution in [0, 0.1) is 0 Å². The molecule has 2 heterocycles. The number of halogens is 2. The average molecular weight is 396 g/mol. The second-order valence-electron chi connectivity index (χ2n) is 6.13. The summed E-state index contributed by atoms with van der Waals surface area (Å²) in [6.07, 6.45) is 0.732. The molecule has 1 aliphatic heterocycles. The van der Waals surface area contributed by atoms with Crippen LogP contribution in [0.5, 0.6) is 0 Å². The van der Waals surface area contributed by atoms with Crippen LogP contribution < -0.4 is 0 Å². The molecule has 26 heavy (non-hydrogen) atoms. The third kappa shape index (κ3) is 4.37. The first-order valence-electron chi connectivity index (χ1n) is 8.43. The number of amides is 1. The summed E-state index contributed by atoms with van der Waals surface area (Å²) in [6, 6.07) is 6.80. The first-order chi connectivity index (χ1) is 12.5. The molecule has 0 unspecified atom stereocenters. The number of hydrogen-bond donors (Lipinski definition) is 0. The number of rotatable bonds is 4. The summed E-state index contributed by atoms with van der Waals surface area (Å²) < 4.78 is 7.20. The lowest BCUT2D eigenvalue weighted by molar-refractivity contribution is 0.0942. The minimum atomic E-state index is -0.417. The van der Waals surface area contributed by atoms with E-state index in [1.807, 2.05) is 0 Å². The Morgan fingerprint density at radius 1 is 1.15 bits per heavy atom. The number of Topliss-reactive ketones (excluding diaryl/α,β-unsaturated/α-hetero) is 1. The number of aromatic nitrogens is 2. The number of aryl methyl sites for hydroxylation is 1. The highest BCUT2D eigenvalue weighted by molar-refractivity contribution is 6.34. The van der Waals surface area contributed by atoms with E-state index in [9.17, 15) is 9.59 Å². The van der Waals surface area contributed by atoms with Crippen LogP contribution in [0.15, 0.2) is 24.3 Å². The molecule has 1 amide bonds. The number of carbonyl (C=O) groups is 2. The second-order valence-corrected chi connectivity index (χ2v) is 7.00. The van der Waals surface area contributed by atoms with Gasteiger partial charge in [0.2, 0.25) is 0 Å². The van der Waals surface area contributed by atoms with Gasteiger partial charge < -0.3 is 9.64 Å². The molecular weight excluding hydrogens is 377 g/mol. The molecule has 8 heteroatoms. The lowest BCUT2D eigenvalue weighted by Crippen LogP contribution is -2.31. The van der Waals surface area contributed by atoms with Gasteiger partial charge in [-0.05, 0) is 36.2 Å². The summed E-state index contributed by atoms with van der Waals surface area (Å²) >= 11 is 11.9. The maximum Gasteiger partial charge on any atom is 0.410 e. The Labute approximate surface area is 161 Å². The largest absolute Gasteiger partial charge is 0.445 e. The molecule has 1 aliphatic rings. The van der Waals surface area contributed by atoms with Crippen LogP contribution in [0.25, 0.3) is 0 Å². The fourth-order valence-electron chi connectivity index (χ4n) is 2.87. The zero-order valence-electron chi connectivity index (χ0n) is 14.4. The summed E-state index contributed by atoms with van der Waals surface area (Å²) in [5, 5.41) is 5.34. The van der Waals surface area contributed by atoms with Crippen molar-refractivity contribution < 1.29 is 14.3 Å². The van der Waals surface area contributed by atoms with Gasteiger partial charge in [-0.3, -0.25) is 9.48 Å². The van der Waals surface area contributed by atoms with E-state index in [0.29, 0.717) is 41.8 Å². The highest BCUT2D eigenvalue weighted by Crippen LogP contribution is 2.20. The van der Waals surface area contributed by atoms with Crippen molar-refractivity contribution >= 4 is 35.1 Å². The van der Waals surface area contributed by atoms with Crippen LogP contribution >= 0.6 is 23.2 Å². The van der Waals surface area contributed by atoms with Crippen LogP contribution in [-0.4, -0.2) is 33.1 Å². The van der Waals surface area contributed by atoms with E-state index in [1.54, 1.807) is 40.8 Å². The van der Waals surface area contributed by atoms with Crippen molar-refractivity contribution in [2.45, 2.75) is 39.5 Å². The fraction of sp³-hybridized carbons (Fsp3) is 0.389. The van der Waals surface area contributed by atoms with Gasteiger partial charge in [0, 0.05) is 29.6 Å². The monoisotopic (exact) mass is 395 g/mol. The maximum atomic E-state index is 12.4. The van der Waals surface area contributed by atoms with Gasteiger partial charge in [-0.2, -0.15) is 5.10 Å². The van der Waals surface area contributed by atoms with E-state index in [0.717, 1.165) is 17.7 Å². The highest BCUT2D eigenvalue weighted by atomic mass is 35.5. The predicted molar refractivity (Wildman–Crippen MR) is 98.5 cm³/mol. The zero-order chi connectivity index (χ0) is 18.7. The van der Waals surface area contributed by atoms with Gasteiger partial charge in [0.15, 0.2) is 5.78 Å². The minimum absolute atomic E-state index is 0.00228. The molecule has 6 nitrogen and oxygen atoms in total. The first-order valence-corrected chi connectivity index (χ1v) is 9.18. The molecule has 0 spiro atoms. The summed E-state index contributed by atoms with van der Waals surface area (Å²) in [5.74, 6) is -0.00228. The van der Waals surface area contributed by atoms with Crippen LogP contribution in [0.1, 0.15) is 41.5 Å². The van der Waals surface area contributed by atoms with E-state index in [-0.39, 0.29) is 12.4 Å². The van der Waals surface area contributed by atoms with Crippen LogP contribution in [0.3, 0.4) is 0 Å². The van der Waals surface area contributed by atoms with Crippen molar-refractivity contribution in [2.24, 2.45) is 0 Å². The number of hydrogen-bond acceptors (Lipinski definition) is 4. The highest BCUT2D eigenvalue weighted by Gasteiger charge is 2.23. The standard InChI is InChI=1S/C18H19Cl2N3O3/c1-2-17(24)16-9-15-10-22(4-3-5-23(15)21-16)18(25)26-11-12-6-13(19)8-14(20)7-12/h6-9H,2-5,10-11H2,1H3. The Hall–Kier alpha value is -2.05. The van der Waals surface area contributed by atoms with Crippen molar-refractivity contribution in [3.63, 3.8) is 0 Å². The average Bonchev–Trinajstić information content (AvgIpc) is 2.89. The van der Waals surface area contributed by atoms with E-state index in [1.165, 1.54) is 0 Å². The molecule has 0 atom stereocenters. The molecule has 1 aromatic heterocycles. The topological polar surface area (TPSA) is 64.4 Å². The lowest BCUT2D eigenvalue weighted by atomic mass is 10.2. The number of carbonyl (C=O) groups excluding carboxylic acids is 2. The summed E-state index contributed by atoms with van der Waals surface area (Å²) in [4.78, 5) is 25.9. The lowest BCUT2D eigenvalue weighted by Gasteiger charge is -2.19. The Balaban J connectivity index is 1.66. The van der Waals surface area contributed by atoms with Crippen molar-refractivity contribution in [3.8, 4) is 0 Å². The molecule has 138 valence electrons. The zero-order valence-corrected chi connectivity index (χ0v) is 15.9. The minimum Gasteiger partial charge on any atom is -0.445 e. The van der Waals surface area contributed by atoms with E-state index < -0.39 is 6.09 Å². The van der Waals surface area contributed by atoms with Crippen molar-refractivity contribution in [3.05, 3.63) is 51.3 Å². The van der Waals surface area contributed by atoms with E-state index in [4.69, 9.17) is 27.9 Å². The second kappa shape index (κ2) is 8.10. The summed E-state index contributed by atoms with van der Waals surface area (Å²) in [6.45, 7) is 3.49. The molecule has 2 aromatic rings. The Morgan fingerprint density at radius 2 is 1.88 bits per heavy atom. The first kappa shape index (κ1) is 18.7. The molecule has 0 N–H and O–H groups in total. The van der Waals surface area contributed by atoms with E-state index in [2.05, 4.69) is 5.10 Å². The van der Waals surface area contributed by atoms with Gasteiger partial charge in [-0.25, -0.2) is 4.79 Å². The van der Waals surface area contributed by atoms with Gasteiger partial charge in [0.1, 0.15) is 12.3 Å². The number of benzene rings is 1. The quantitative estimate of drug-likeness (QED) is 0.722. The maximum absolute atomic E-state index is 12.4. The van der Waals surface area contributed by atoms with E-state index >= 15 is 0 Å². The molecule has 0 saturated carbocycles. The van der Waals surface area contributed by atoms with Crippen molar-refractivity contribution in [2.75, 3.05) is 6.54 Å².